The van der Waals surface area contributed by atoms with Gasteiger partial charge < -0.3 is 20.5 Å². The van der Waals surface area contributed by atoms with Gasteiger partial charge in [0, 0.05) is 17.8 Å². The fourth-order valence-corrected chi connectivity index (χ4v) is 2.58. The summed E-state index contributed by atoms with van der Waals surface area (Å²) in [6.07, 6.45) is 1.53. The molecule has 0 fully saturated rings. The number of rotatable bonds is 7. The maximum Gasteiger partial charge on any atom is 0.256 e. The summed E-state index contributed by atoms with van der Waals surface area (Å²) in [6.45, 7) is 4.24. The lowest BCUT2D eigenvalue weighted by molar-refractivity contribution is 0.102. The van der Waals surface area contributed by atoms with Gasteiger partial charge in [-0.3, -0.25) is 4.79 Å². The van der Waals surface area contributed by atoms with E-state index in [9.17, 15) is 4.79 Å². The minimum Gasteiger partial charge on any atom is -0.491 e. The van der Waals surface area contributed by atoms with E-state index in [-0.39, 0.29) is 17.8 Å². The van der Waals surface area contributed by atoms with Gasteiger partial charge in [-0.1, -0.05) is 30.3 Å². The zero-order valence-corrected chi connectivity index (χ0v) is 15.9. The highest BCUT2D eigenvalue weighted by molar-refractivity contribution is 6.05. The highest BCUT2D eigenvalue weighted by Gasteiger charge is 2.13. The lowest BCUT2D eigenvalue weighted by atomic mass is 10.1. The molecule has 2 aromatic carbocycles. The Labute approximate surface area is 164 Å². The predicted molar refractivity (Wildman–Crippen MR) is 110 cm³/mol. The number of nitrogens with two attached hydrogens (primary N) is 1. The molecule has 0 aliphatic heterocycles. The molecule has 0 saturated heterocycles. The molecular weight excluding hydrogens is 354 g/mol. The van der Waals surface area contributed by atoms with Crippen LogP contribution in [0.4, 0.5) is 11.5 Å². The molecule has 6 heteroatoms. The largest absolute Gasteiger partial charge is 0.491 e. The van der Waals surface area contributed by atoms with E-state index in [0.29, 0.717) is 29.4 Å². The van der Waals surface area contributed by atoms with Crippen LogP contribution in [0.25, 0.3) is 0 Å². The Morgan fingerprint density at radius 2 is 1.82 bits per heavy atom. The van der Waals surface area contributed by atoms with Gasteiger partial charge in [-0.05, 0) is 43.7 Å². The highest BCUT2D eigenvalue weighted by atomic mass is 16.5. The third-order valence-electron chi connectivity index (χ3n) is 3.85. The van der Waals surface area contributed by atoms with Gasteiger partial charge in [0.1, 0.15) is 23.9 Å². The molecule has 1 amide bonds. The van der Waals surface area contributed by atoms with Gasteiger partial charge in [0.15, 0.2) is 0 Å². The zero-order valence-electron chi connectivity index (χ0n) is 15.9. The third kappa shape index (κ3) is 5.23. The summed E-state index contributed by atoms with van der Waals surface area (Å²) in [7, 11) is 0. The Kier molecular flexibility index (Phi) is 6.11. The molecule has 3 rings (SSSR count). The van der Waals surface area contributed by atoms with Crippen LogP contribution in [0.5, 0.6) is 11.5 Å². The topological polar surface area (TPSA) is 86.5 Å². The van der Waals surface area contributed by atoms with Crippen LogP contribution in [0.2, 0.25) is 0 Å². The summed E-state index contributed by atoms with van der Waals surface area (Å²) in [5, 5.41) is 2.77. The van der Waals surface area contributed by atoms with E-state index < -0.39 is 0 Å². The van der Waals surface area contributed by atoms with Crippen molar-refractivity contribution in [2.75, 3.05) is 11.1 Å². The SMILES string of the molecule is CC(C)Oc1cc(OCc2ccccc2)cc(C(=O)Nc2cccnc2N)c1. The first-order valence-corrected chi connectivity index (χ1v) is 9.01. The van der Waals surface area contributed by atoms with Crippen molar-refractivity contribution in [2.24, 2.45) is 0 Å². The van der Waals surface area contributed by atoms with Crippen LogP contribution in [0.3, 0.4) is 0 Å². The molecule has 6 nitrogen and oxygen atoms in total. The molecule has 0 aliphatic carbocycles. The van der Waals surface area contributed by atoms with E-state index in [4.69, 9.17) is 15.2 Å². The molecule has 1 heterocycles. The fourth-order valence-electron chi connectivity index (χ4n) is 2.58. The molecule has 0 atom stereocenters. The van der Waals surface area contributed by atoms with E-state index in [1.54, 1.807) is 36.5 Å². The molecule has 144 valence electrons. The number of carbonyl (C=O) groups excluding carboxylic acids is 1. The molecular formula is C22H23N3O3. The van der Waals surface area contributed by atoms with Gasteiger partial charge in [-0.25, -0.2) is 4.98 Å². The molecule has 0 bridgehead atoms. The lowest BCUT2D eigenvalue weighted by Crippen LogP contribution is -2.14. The summed E-state index contributed by atoms with van der Waals surface area (Å²) >= 11 is 0. The number of benzene rings is 2. The number of ether oxygens (including phenoxy) is 2. The Balaban J connectivity index is 1.82. The smallest absolute Gasteiger partial charge is 0.256 e. The number of aromatic nitrogens is 1. The van der Waals surface area contributed by atoms with Crippen molar-refractivity contribution in [3.05, 3.63) is 78.0 Å². The van der Waals surface area contributed by atoms with Crippen molar-refractivity contribution in [1.82, 2.24) is 4.98 Å². The highest BCUT2D eigenvalue weighted by Crippen LogP contribution is 2.26. The molecule has 3 aromatic rings. The van der Waals surface area contributed by atoms with Crippen LogP contribution < -0.4 is 20.5 Å². The van der Waals surface area contributed by atoms with E-state index in [1.807, 2.05) is 44.2 Å². The molecule has 0 radical (unpaired) electrons. The Hall–Kier alpha value is -3.54. The zero-order chi connectivity index (χ0) is 19.9. The number of amides is 1. The fraction of sp³-hybridized carbons (Fsp3) is 0.182. The summed E-state index contributed by atoms with van der Waals surface area (Å²) in [4.78, 5) is 16.7. The maximum absolute atomic E-state index is 12.7. The first-order valence-electron chi connectivity index (χ1n) is 9.01. The van der Waals surface area contributed by atoms with E-state index in [2.05, 4.69) is 10.3 Å². The first kappa shape index (κ1) is 19.2. The summed E-state index contributed by atoms with van der Waals surface area (Å²) in [5.41, 5.74) is 7.70. The third-order valence-corrected chi connectivity index (χ3v) is 3.85. The number of hydrogen-bond donors (Lipinski definition) is 2. The molecule has 0 unspecified atom stereocenters. The molecule has 28 heavy (non-hydrogen) atoms. The van der Waals surface area contributed by atoms with Gasteiger partial charge in [0.05, 0.1) is 11.8 Å². The van der Waals surface area contributed by atoms with Gasteiger partial charge in [-0.15, -0.1) is 0 Å². The predicted octanol–water partition coefficient (Wildman–Crippen LogP) is 4.28. The van der Waals surface area contributed by atoms with Crippen molar-refractivity contribution in [3.8, 4) is 11.5 Å². The maximum atomic E-state index is 12.7. The molecule has 0 saturated carbocycles. The number of nitrogens with one attached hydrogen (secondary N) is 1. The van der Waals surface area contributed by atoms with Crippen LogP contribution >= 0.6 is 0 Å². The minimum atomic E-state index is -0.321. The normalized spacial score (nSPS) is 10.5. The second-order valence-electron chi connectivity index (χ2n) is 6.52. The Morgan fingerprint density at radius 3 is 2.54 bits per heavy atom. The van der Waals surface area contributed by atoms with E-state index >= 15 is 0 Å². The second kappa shape index (κ2) is 8.90. The van der Waals surface area contributed by atoms with Crippen molar-refractivity contribution < 1.29 is 14.3 Å². The minimum absolute atomic E-state index is 0.0331. The van der Waals surface area contributed by atoms with Gasteiger partial charge in [0.2, 0.25) is 0 Å². The van der Waals surface area contributed by atoms with Crippen LogP contribution in [-0.2, 0) is 6.61 Å². The number of hydrogen-bond acceptors (Lipinski definition) is 5. The number of anilines is 2. The Bertz CT molecular complexity index is 943. The number of carbonyl (C=O) groups is 1. The summed E-state index contributed by atoms with van der Waals surface area (Å²) in [5.74, 6) is 1.04. The van der Waals surface area contributed by atoms with Crippen LogP contribution in [0, 0.1) is 0 Å². The van der Waals surface area contributed by atoms with Crippen molar-refractivity contribution in [2.45, 2.75) is 26.6 Å². The number of nitrogen functional groups attached to an aromatic ring is 1. The molecule has 3 N–H and O–H groups in total. The van der Waals surface area contributed by atoms with Crippen LogP contribution in [-0.4, -0.2) is 17.0 Å². The van der Waals surface area contributed by atoms with Crippen molar-refractivity contribution >= 4 is 17.4 Å². The van der Waals surface area contributed by atoms with Gasteiger partial charge in [-0.2, -0.15) is 0 Å². The average molecular weight is 377 g/mol. The second-order valence-corrected chi connectivity index (χ2v) is 6.52. The van der Waals surface area contributed by atoms with Crippen molar-refractivity contribution in [3.63, 3.8) is 0 Å². The number of nitrogens with zero attached hydrogens (tertiary/aromatic N) is 1. The van der Waals surface area contributed by atoms with Gasteiger partial charge in [0.25, 0.3) is 5.91 Å². The first-order chi connectivity index (χ1) is 13.5. The van der Waals surface area contributed by atoms with E-state index in [0.717, 1.165) is 5.56 Å². The lowest BCUT2D eigenvalue weighted by Gasteiger charge is -2.14. The standard InChI is InChI=1S/C22H23N3O3/c1-15(2)28-19-12-17(22(26)25-20-9-6-10-24-21(20)23)11-18(13-19)27-14-16-7-4-3-5-8-16/h3-13,15H,14H2,1-2H3,(H2,23,24)(H,25,26). The van der Waals surface area contributed by atoms with Crippen molar-refractivity contribution in [1.29, 1.82) is 0 Å². The molecule has 1 aromatic heterocycles. The molecule has 0 aliphatic rings. The average Bonchev–Trinajstić information content (AvgIpc) is 2.68. The summed E-state index contributed by atoms with van der Waals surface area (Å²) < 4.78 is 11.7. The Morgan fingerprint density at radius 1 is 1.07 bits per heavy atom. The quantitative estimate of drug-likeness (QED) is 0.642. The van der Waals surface area contributed by atoms with Crippen LogP contribution in [0.1, 0.15) is 29.8 Å². The number of pyridine rings is 1. The monoisotopic (exact) mass is 377 g/mol. The molecule has 0 spiro atoms. The van der Waals surface area contributed by atoms with Gasteiger partial charge >= 0.3 is 0 Å². The van der Waals surface area contributed by atoms with E-state index in [1.165, 1.54) is 0 Å². The van der Waals surface area contributed by atoms with Crippen LogP contribution in [0.15, 0.2) is 66.9 Å². The summed E-state index contributed by atoms with van der Waals surface area (Å²) in [6, 6.07) is 18.4.